The zero-order valence-electron chi connectivity index (χ0n) is 13.8. The third-order valence-corrected chi connectivity index (χ3v) is 3.40. The normalized spacial score (nSPS) is 10.8. The van der Waals surface area contributed by atoms with Crippen molar-refractivity contribution in [3.8, 4) is 17.0 Å². The van der Waals surface area contributed by atoms with E-state index < -0.39 is 0 Å². The summed E-state index contributed by atoms with van der Waals surface area (Å²) in [5.41, 5.74) is 4.79. The minimum Gasteiger partial charge on any atom is -0.493 e. The summed E-state index contributed by atoms with van der Waals surface area (Å²) in [5, 5.41) is 4.14. The average Bonchev–Trinajstić information content (AvgIpc) is 2.64. The van der Waals surface area contributed by atoms with E-state index in [9.17, 15) is 4.79 Å². The lowest BCUT2D eigenvalue weighted by Gasteiger charge is -2.06. The topological polar surface area (TPSA) is 79.4 Å². The molecule has 0 amide bonds. The first-order chi connectivity index (χ1) is 12.3. The Bertz CT molecular complexity index is 920. The molecule has 25 heavy (non-hydrogen) atoms. The molecule has 1 heterocycles. The fourth-order valence-corrected chi connectivity index (χ4v) is 2.30. The summed E-state index contributed by atoms with van der Waals surface area (Å²) in [7, 11) is 0. The first-order valence-corrected chi connectivity index (χ1v) is 7.94. The molecule has 6 nitrogen and oxygen atoms in total. The number of para-hydroxylation sites is 1. The number of hydrazone groups is 1. The van der Waals surface area contributed by atoms with Crippen LogP contribution in [0, 0.1) is 0 Å². The van der Waals surface area contributed by atoms with Gasteiger partial charge in [-0.1, -0.05) is 42.5 Å². The second-order valence-electron chi connectivity index (χ2n) is 5.19. The second kappa shape index (κ2) is 7.92. The summed E-state index contributed by atoms with van der Waals surface area (Å²) in [6.45, 7) is 2.50. The first kappa shape index (κ1) is 16.4. The summed E-state index contributed by atoms with van der Waals surface area (Å²) in [6, 6.07) is 18.5. The van der Waals surface area contributed by atoms with Gasteiger partial charge in [-0.15, -0.1) is 0 Å². The molecule has 126 valence electrons. The van der Waals surface area contributed by atoms with Crippen LogP contribution in [0.1, 0.15) is 12.5 Å². The fraction of sp³-hybridized carbons (Fsp3) is 0.105. The zero-order valence-corrected chi connectivity index (χ0v) is 13.8. The van der Waals surface area contributed by atoms with Crippen molar-refractivity contribution in [2.24, 2.45) is 5.10 Å². The molecule has 0 aliphatic carbocycles. The standard InChI is InChI=1S/C19H18N4O2/c1-2-25-17-11-7-6-10-15(17)13-20-23-19-21-16(12-18(24)22-19)14-8-4-3-5-9-14/h3-13H,2H2,1H3,(H2,21,22,23,24)/b20-13-. The highest BCUT2D eigenvalue weighted by molar-refractivity contribution is 5.83. The van der Waals surface area contributed by atoms with Crippen molar-refractivity contribution in [3.05, 3.63) is 76.6 Å². The number of hydrogen-bond donors (Lipinski definition) is 2. The Kier molecular flexibility index (Phi) is 5.21. The minimum atomic E-state index is -0.249. The molecule has 1 aromatic heterocycles. The van der Waals surface area contributed by atoms with Crippen LogP contribution in [0.4, 0.5) is 5.95 Å². The van der Waals surface area contributed by atoms with Gasteiger partial charge in [-0.2, -0.15) is 5.10 Å². The molecule has 0 atom stereocenters. The Labute approximate surface area is 145 Å². The lowest BCUT2D eigenvalue weighted by Crippen LogP contribution is -2.10. The Hall–Kier alpha value is -3.41. The summed E-state index contributed by atoms with van der Waals surface area (Å²) in [6.07, 6.45) is 1.63. The molecule has 0 aliphatic rings. The van der Waals surface area contributed by atoms with Gasteiger partial charge in [-0.3, -0.25) is 9.78 Å². The maximum atomic E-state index is 11.8. The largest absolute Gasteiger partial charge is 0.493 e. The van der Waals surface area contributed by atoms with Gasteiger partial charge in [0.1, 0.15) is 5.75 Å². The van der Waals surface area contributed by atoms with Crippen molar-refractivity contribution in [2.75, 3.05) is 12.0 Å². The molecule has 3 aromatic rings. The Morgan fingerprint density at radius 2 is 1.92 bits per heavy atom. The lowest BCUT2D eigenvalue weighted by molar-refractivity contribution is 0.340. The maximum Gasteiger partial charge on any atom is 0.252 e. The number of anilines is 1. The zero-order chi connectivity index (χ0) is 17.5. The molecule has 0 unspecified atom stereocenters. The van der Waals surface area contributed by atoms with Crippen molar-refractivity contribution in [1.82, 2.24) is 9.97 Å². The molecule has 2 N–H and O–H groups in total. The average molecular weight is 334 g/mol. The number of aromatic amines is 1. The van der Waals surface area contributed by atoms with Crippen molar-refractivity contribution in [1.29, 1.82) is 0 Å². The van der Waals surface area contributed by atoms with Gasteiger partial charge in [0, 0.05) is 17.2 Å². The van der Waals surface area contributed by atoms with Gasteiger partial charge < -0.3 is 4.74 Å². The van der Waals surface area contributed by atoms with Crippen molar-refractivity contribution >= 4 is 12.2 Å². The van der Waals surface area contributed by atoms with E-state index in [-0.39, 0.29) is 11.5 Å². The molecule has 2 aromatic carbocycles. The van der Waals surface area contributed by atoms with Crippen molar-refractivity contribution < 1.29 is 4.74 Å². The van der Waals surface area contributed by atoms with E-state index in [1.165, 1.54) is 6.07 Å². The van der Waals surface area contributed by atoms with E-state index in [0.29, 0.717) is 12.3 Å². The number of H-pyrrole nitrogens is 1. The predicted octanol–water partition coefficient (Wildman–Crippen LogP) is 3.28. The Morgan fingerprint density at radius 3 is 2.72 bits per heavy atom. The first-order valence-electron chi connectivity index (χ1n) is 7.94. The molecule has 0 saturated carbocycles. The molecule has 0 bridgehead atoms. The van der Waals surface area contributed by atoms with Gasteiger partial charge in [0.25, 0.3) is 5.56 Å². The number of nitrogens with one attached hydrogen (secondary N) is 2. The molecule has 0 radical (unpaired) electrons. The van der Waals surface area contributed by atoms with Crippen LogP contribution in [-0.2, 0) is 0 Å². The minimum absolute atomic E-state index is 0.249. The molecular formula is C19H18N4O2. The number of rotatable bonds is 6. The molecule has 6 heteroatoms. The molecule has 0 saturated heterocycles. The van der Waals surface area contributed by atoms with Crippen LogP contribution < -0.4 is 15.7 Å². The number of nitrogens with zero attached hydrogens (tertiary/aromatic N) is 2. The van der Waals surface area contributed by atoms with E-state index in [4.69, 9.17) is 4.74 Å². The van der Waals surface area contributed by atoms with Gasteiger partial charge in [0.05, 0.1) is 18.5 Å². The smallest absolute Gasteiger partial charge is 0.252 e. The quantitative estimate of drug-likeness (QED) is 0.535. The van der Waals surface area contributed by atoms with E-state index in [2.05, 4.69) is 20.5 Å². The molecule has 0 fully saturated rings. The van der Waals surface area contributed by atoms with Crippen molar-refractivity contribution in [2.45, 2.75) is 6.92 Å². The Balaban J connectivity index is 1.80. The highest BCUT2D eigenvalue weighted by Gasteiger charge is 2.03. The van der Waals surface area contributed by atoms with Crippen LogP contribution in [0.15, 0.2) is 70.6 Å². The summed E-state index contributed by atoms with van der Waals surface area (Å²) >= 11 is 0. The third kappa shape index (κ3) is 4.32. The third-order valence-electron chi connectivity index (χ3n) is 3.40. The van der Waals surface area contributed by atoms with Gasteiger partial charge >= 0.3 is 0 Å². The van der Waals surface area contributed by atoms with Crippen LogP contribution in [0.3, 0.4) is 0 Å². The number of ether oxygens (including phenoxy) is 1. The lowest BCUT2D eigenvalue weighted by atomic mass is 10.1. The van der Waals surface area contributed by atoms with Gasteiger partial charge in [0.15, 0.2) is 0 Å². The summed E-state index contributed by atoms with van der Waals surface area (Å²) in [4.78, 5) is 18.9. The monoisotopic (exact) mass is 334 g/mol. The summed E-state index contributed by atoms with van der Waals surface area (Å²) < 4.78 is 5.54. The van der Waals surface area contributed by atoms with Crippen LogP contribution in [0.5, 0.6) is 5.75 Å². The van der Waals surface area contributed by atoms with Crippen LogP contribution >= 0.6 is 0 Å². The molecular weight excluding hydrogens is 316 g/mol. The number of hydrogen-bond acceptors (Lipinski definition) is 5. The maximum absolute atomic E-state index is 11.8. The second-order valence-corrected chi connectivity index (χ2v) is 5.19. The predicted molar refractivity (Wildman–Crippen MR) is 99.1 cm³/mol. The van der Waals surface area contributed by atoms with E-state index >= 15 is 0 Å². The van der Waals surface area contributed by atoms with Crippen molar-refractivity contribution in [3.63, 3.8) is 0 Å². The molecule has 0 aliphatic heterocycles. The van der Waals surface area contributed by atoms with Gasteiger partial charge in [0.2, 0.25) is 5.95 Å². The highest BCUT2D eigenvalue weighted by atomic mass is 16.5. The van der Waals surface area contributed by atoms with E-state index in [1.54, 1.807) is 6.21 Å². The van der Waals surface area contributed by atoms with Gasteiger partial charge in [-0.25, -0.2) is 10.4 Å². The molecule has 3 rings (SSSR count). The van der Waals surface area contributed by atoms with Gasteiger partial charge in [-0.05, 0) is 19.1 Å². The van der Waals surface area contributed by atoms with Crippen LogP contribution in [0.25, 0.3) is 11.3 Å². The SMILES string of the molecule is CCOc1ccccc1/C=N\Nc1nc(-c2ccccc2)cc(=O)[nH]1. The number of aromatic nitrogens is 2. The Morgan fingerprint density at radius 1 is 1.16 bits per heavy atom. The van der Waals surface area contributed by atoms with E-state index in [0.717, 1.165) is 16.9 Å². The number of benzene rings is 2. The molecule has 0 spiro atoms. The van der Waals surface area contributed by atoms with E-state index in [1.807, 2.05) is 61.5 Å². The fourth-order valence-electron chi connectivity index (χ4n) is 2.30. The van der Waals surface area contributed by atoms with Crippen LogP contribution in [-0.4, -0.2) is 22.8 Å². The highest BCUT2D eigenvalue weighted by Crippen LogP contribution is 2.17. The van der Waals surface area contributed by atoms with Crippen LogP contribution in [0.2, 0.25) is 0 Å². The summed E-state index contributed by atoms with van der Waals surface area (Å²) in [5.74, 6) is 1.02.